The third-order valence-corrected chi connectivity index (χ3v) is 5.63. The van der Waals surface area contributed by atoms with Crippen molar-refractivity contribution in [1.29, 1.82) is 0 Å². The Kier molecular flexibility index (Phi) is 9.01. The molecule has 0 aliphatic heterocycles. The smallest absolute Gasteiger partial charge is 0.191 e. The Bertz CT molecular complexity index is 802. The number of aromatic nitrogens is 1. The van der Waals surface area contributed by atoms with E-state index >= 15 is 0 Å². The summed E-state index contributed by atoms with van der Waals surface area (Å²) in [5, 5.41) is 7.84. The molecule has 7 heteroatoms. The minimum Gasteiger partial charge on any atom is -0.493 e. The molecule has 2 aromatic rings. The molecule has 1 aromatic heterocycles. The van der Waals surface area contributed by atoms with Gasteiger partial charge in [-0.25, -0.2) is 9.98 Å². The van der Waals surface area contributed by atoms with Crippen LogP contribution in [0.15, 0.2) is 23.2 Å². The van der Waals surface area contributed by atoms with Crippen molar-refractivity contribution in [2.45, 2.75) is 53.6 Å². The van der Waals surface area contributed by atoms with Crippen LogP contribution in [0.2, 0.25) is 0 Å². The lowest BCUT2D eigenvalue weighted by atomic mass is 10.1. The van der Waals surface area contributed by atoms with Gasteiger partial charge in [-0.05, 0) is 58.1 Å². The summed E-state index contributed by atoms with van der Waals surface area (Å²) in [4.78, 5) is 10.5. The number of halogens is 1. The summed E-state index contributed by atoms with van der Waals surface area (Å²) in [6, 6.07) is 6.37. The molecule has 0 bridgehead atoms. The SMILES string of the molecule is CCNC(=NCc1ccc(C)cc1OCC1CC1)NCc1sc(C)nc1C.I. The van der Waals surface area contributed by atoms with E-state index in [0.29, 0.717) is 6.54 Å². The molecule has 2 N–H and O–H groups in total. The standard InChI is InChI=1S/C21H30N4OS.HI/c1-5-22-21(24-12-20-15(3)25-16(4)27-20)23-11-18-9-6-14(2)10-19(18)26-13-17-7-8-17;/h6,9-10,17H,5,7-8,11-13H2,1-4H3,(H2,22,23,24);1H. The summed E-state index contributed by atoms with van der Waals surface area (Å²) in [7, 11) is 0. The molecule has 1 aliphatic carbocycles. The maximum absolute atomic E-state index is 6.07. The Morgan fingerprint density at radius 2 is 2.04 bits per heavy atom. The van der Waals surface area contributed by atoms with Crippen LogP contribution < -0.4 is 15.4 Å². The molecule has 154 valence electrons. The van der Waals surface area contributed by atoms with Crippen LogP contribution >= 0.6 is 35.3 Å². The van der Waals surface area contributed by atoms with E-state index in [-0.39, 0.29) is 24.0 Å². The second-order valence-corrected chi connectivity index (χ2v) is 8.44. The Morgan fingerprint density at radius 3 is 2.68 bits per heavy atom. The van der Waals surface area contributed by atoms with Gasteiger partial charge in [-0.2, -0.15) is 0 Å². The van der Waals surface area contributed by atoms with Gasteiger partial charge in [-0.15, -0.1) is 35.3 Å². The van der Waals surface area contributed by atoms with Crippen LogP contribution in [0.3, 0.4) is 0 Å². The fourth-order valence-electron chi connectivity index (χ4n) is 2.83. The molecule has 0 spiro atoms. The summed E-state index contributed by atoms with van der Waals surface area (Å²) in [6.07, 6.45) is 2.59. The minimum atomic E-state index is 0. The van der Waals surface area contributed by atoms with Gasteiger partial charge in [0.15, 0.2) is 5.96 Å². The van der Waals surface area contributed by atoms with E-state index in [4.69, 9.17) is 9.73 Å². The number of ether oxygens (including phenoxy) is 1. The molecule has 0 amide bonds. The molecule has 1 heterocycles. The summed E-state index contributed by atoms with van der Waals surface area (Å²) >= 11 is 1.73. The molecule has 0 radical (unpaired) electrons. The third kappa shape index (κ3) is 6.92. The minimum absolute atomic E-state index is 0. The average molecular weight is 514 g/mol. The lowest BCUT2D eigenvalue weighted by Crippen LogP contribution is -2.36. The van der Waals surface area contributed by atoms with Gasteiger partial charge in [-0.3, -0.25) is 0 Å². The van der Waals surface area contributed by atoms with E-state index in [1.54, 1.807) is 11.3 Å². The van der Waals surface area contributed by atoms with E-state index < -0.39 is 0 Å². The Labute approximate surface area is 189 Å². The Morgan fingerprint density at radius 1 is 1.25 bits per heavy atom. The van der Waals surface area contributed by atoms with Crippen molar-refractivity contribution in [1.82, 2.24) is 15.6 Å². The highest BCUT2D eigenvalue weighted by Gasteiger charge is 2.22. The first-order valence-corrected chi connectivity index (χ1v) is 10.5. The van der Waals surface area contributed by atoms with Gasteiger partial charge in [0.1, 0.15) is 5.75 Å². The van der Waals surface area contributed by atoms with Gasteiger partial charge in [0, 0.05) is 17.0 Å². The van der Waals surface area contributed by atoms with Crippen molar-refractivity contribution in [3.8, 4) is 5.75 Å². The van der Waals surface area contributed by atoms with Gasteiger partial charge in [0.2, 0.25) is 0 Å². The topological polar surface area (TPSA) is 58.5 Å². The molecule has 1 aliphatic rings. The molecular formula is C21H31IN4OS. The highest BCUT2D eigenvalue weighted by atomic mass is 127. The Balaban J connectivity index is 0.00000280. The van der Waals surface area contributed by atoms with Crippen LogP contribution in [0.25, 0.3) is 0 Å². The zero-order chi connectivity index (χ0) is 19.2. The predicted molar refractivity (Wildman–Crippen MR) is 128 cm³/mol. The normalized spacial score (nSPS) is 13.8. The van der Waals surface area contributed by atoms with E-state index in [0.717, 1.165) is 53.6 Å². The number of aliphatic imine (C=N–C) groups is 1. The maximum Gasteiger partial charge on any atom is 0.191 e. The number of thiazole rings is 1. The fourth-order valence-corrected chi connectivity index (χ4v) is 3.70. The lowest BCUT2D eigenvalue weighted by Gasteiger charge is -2.13. The van der Waals surface area contributed by atoms with Gasteiger partial charge in [0.05, 0.1) is 30.4 Å². The predicted octanol–water partition coefficient (Wildman–Crippen LogP) is 4.73. The van der Waals surface area contributed by atoms with Crippen molar-refractivity contribution in [3.63, 3.8) is 0 Å². The van der Waals surface area contributed by atoms with Crippen LogP contribution in [0, 0.1) is 26.7 Å². The largest absolute Gasteiger partial charge is 0.493 e. The molecule has 1 aromatic carbocycles. The molecule has 1 saturated carbocycles. The highest BCUT2D eigenvalue weighted by Crippen LogP contribution is 2.31. The summed E-state index contributed by atoms with van der Waals surface area (Å²) in [6.45, 7) is 11.3. The molecule has 1 fully saturated rings. The van der Waals surface area contributed by atoms with Crippen LogP contribution in [0.4, 0.5) is 0 Å². The van der Waals surface area contributed by atoms with Crippen molar-refractivity contribution in [2.24, 2.45) is 10.9 Å². The summed E-state index contributed by atoms with van der Waals surface area (Å²) in [5.41, 5.74) is 3.44. The number of guanidine groups is 1. The quantitative estimate of drug-likeness (QED) is 0.304. The van der Waals surface area contributed by atoms with Gasteiger partial charge in [-0.1, -0.05) is 12.1 Å². The third-order valence-electron chi connectivity index (χ3n) is 4.56. The van der Waals surface area contributed by atoms with E-state index in [1.807, 2.05) is 6.92 Å². The number of rotatable bonds is 8. The second-order valence-electron chi connectivity index (χ2n) is 7.16. The molecule has 0 atom stereocenters. The lowest BCUT2D eigenvalue weighted by molar-refractivity contribution is 0.296. The van der Waals surface area contributed by atoms with Crippen LogP contribution in [-0.2, 0) is 13.1 Å². The van der Waals surface area contributed by atoms with Crippen molar-refractivity contribution < 1.29 is 4.74 Å². The van der Waals surface area contributed by atoms with E-state index in [2.05, 4.69) is 54.6 Å². The molecule has 5 nitrogen and oxygen atoms in total. The van der Waals surface area contributed by atoms with Crippen molar-refractivity contribution in [2.75, 3.05) is 13.2 Å². The molecule has 0 saturated heterocycles. The van der Waals surface area contributed by atoms with Gasteiger partial charge < -0.3 is 15.4 Å². The highest BCUT2D eigenvalue weighted by molar-refractivity contribution is 14.0. The number of aryl methyl sites for hydroxylation is 3. The number of hydrogen-bond acceptors (Lipinski definition) is 4. The Hall–Kier alpha value is -1.35. The first kappa shape index (κ1) is 22.9. The molecular weight excluding hydrogens is 483 g/mol. The summed E-state index contributed by atoms with van der Waals surface area (Å²) < 4.78 is 6.07. The number of nitrogens with zero attached hydrogens (tertiary/aromatic N) is 2. The van der Waals surface area contributed by atoms with Crippen LogP contribution in [0.5, 0.6) is 5.75 Å². The number of hydrogen-bond donors (Lipinski definition) is 2. The maximum atomic E-state index is 6.07. The number of benzene rings is 1. The average Bonchev–Trinajstić information content (AvgIpc) is 3.40. The van der Waals surface area contributed by atoms with E-state index in [9.17, 15) is 0 Å². The first-order valence-electron chi connectivity index (χ1n) is 9.72. The van der Waals surface area contributed by atoms with E-state index in [1.165, 1.54) is 23.3 Å². The monoisotopic (exact) mass is 514 g/mol. The van der Waals surface area contributed by atoms with Crippen molar-refractivity contribution in [3.05, 3.63) is 44.9 Å². The van der Waals surface area contributed by atoms with Crippen LogP contribution in [-0.4, -0.2) is 24.1 Å². The summed E-state index contributed by atoms with van der Waals surface area (Å²) in [5.74, 6) is 2.53. The fraction of sp³-hybridized carbons (Fsp3) is 0.524. The van der Waals surface area contributed by atoms with Gasteiger partial charge >= 0.3 is 0 Å². The van der Waals surface area contributed by atoms with Gasteiger partial charge in [0.25, 0.3) is 0 Å². The van der Waals surface area contributed by atoms with Crippen molar-refractivity contribution >= 4 is 41.3 Å². The zero-order valence-electron chi connectivity index (χ0n) is 17.2. The molecule has 0 unspecified atom stereocenters. The molecule has 3 rings (SSSR count). The first-order chi connectivity index (χ1) is 13.0. The van der Waals surface area contributed by atoms with Crippen LogP contribution in [0.1, 0.15) is 46.5 Å². The number of nitrogens with one attached hydrogen (secondary N) is 2. The molecule has 28 heavy (non-hydrogen) atoms. The zero-order valence-corrected chi connectivity index (χ0v) is 20.3. The second kappa shape index (κ2) is 11.0.